The number of hydrogen-bond donors (Lipinski definition) is 2. The number of aliphatic imine (C=N–C) groups is 1. The van der Waals surface area contributed by atoms with Crippen LogP contribution in [0.2, 0.25) is 0 Å². The molecule has 1 rings (SSSR count). The van der Waals surface area contributed by atoms with E-state index >= 15 is 0 Å². The molecular weight excluding hydrogens is 272 g/mol. The Morgan fingerprint density at radius 3 is 2.44 bits per heavy atom. The van der Waals surface area contributed by atoms with Crippen molar-refractivity contribution in [3.8, 4) is 6.19 Å². The zero-order valence-corrected chi connectivity index (χ0v) is 11.5. The molecule has 0 aliphatic heterocycles. The summed E-state index contributed by atoms with van der Waals surface area (Å²) in [5.74, 6) is 0. The van der Waals surface area contributed by atoms with Crippen LogP contribution in [0.5, 0.6) is 0 Å². The minimum Gasteiger partial charge on any atom is -0.334 e. The standard InChI is InChI=1S/C10H12N4O2S2/c1-12-18(15,16)9-5-3-8(4-6-9)14-10(17-2)13-7-11/h3-6,12H,1-2H3,(H,13,14). The lowest BCUT2D eigenvalue weighted by Gasteiger charge is -2.07. The summed E-state index contributed by atoms with van der Waals surface area (Å²) in [6.45, 7) is 0. The van der Waals surface area contributed by atoms with Crippen molar-refractivity contribution in [2.45, 2.75) is 4.90 Å². The van der Waals surface area contributed by atoms with Crippen molar-refractivity contribution >= 4 is 32.6 Å². The molecule has 0 heterocycles. The van der Waals surface area contributed by atoms with Crippen LogP contribution in [-0.2, 0) is 10.0 Å². The summed E-state index contributed by atoms with van der Waals surface area (Å²) < 4.78 is 25.2. The second kappa shape index (κ2) is 6.39. The van der Waals surface area contributed by atoms with Crippen molar-refractivity contribution < 1.29 is 8.42 Å². The highest BCUT2D eigenvalue weighted by molar-refractivity contribution is 8.13. The largest absolute Gasteiger partial charge is 0.334 e. The third-order valence-corrected chi connectivity index (χ3v) is 4.04. The van der Waals surface area contributed by atoms with Crippen LogP contribution in [0.25, 0.3) is 0 Å². The Bertz CT molecular complexity index is 573. The number of amidine groups is 1. The molecule has 96 valence electrons. The van der Waals surface area contributed by atoms with Gasteiger partial charge in [-0.15, -0.1) is 4.99 Å². The van der Waals surface area contributed by atoms with E-state index in [2.05, 4.69) is 15.0 Å². The molecule has 6 nitrogen and oxygen atoms in total. The Hall–Kier alpha value is -1.56. The van der Waals surface area contributed by atoms with E-state index in [1.807, 2.05) is 0 Å². The topological polar surface area (TPSA) is 94.3 Å². The number of benzene rings is 1. The summed E-state index contributed by atoms with van der Waals surface area (Å²) in [7, 11) is -2.07. The van der Waals surface area contributed by atoms with Gasteiger partial charge in [-0.05, 0) is 37.6 Å². The van der Waals surface area contributed by atoms with Gasteiger partial charge in [0.15, 0.2) is 5.17 Å². The van der Waals surface area contributed by atoms with Crippen LogP contribution in [-0.4, -0.2) is 26.9 Å². The summed E-state index contributed by atoms with van der Waals surface area (Å²) in [5, 5.41) is 11.8. The first-order valence-electron chi connectivity index (χ1n) is 4.85. The van der Waals surface area contributed by atoms with Crippen molar-refractivity contribution in [2.75, 3.05) is 18.6 Å². The molecule has 0 amide bonds. The number of nitrogens with one attached hydrogen (secondary N) is 2. The summed E-state index contributed by atoms with van der Waals surface area (Å²) in [6.07, 6.45) is 3.46. The quantitative estimate of drug-likeness (QED) is 0.494. The molecule has 2 N–H and O–H groups in total. The first-order chi connectivity index (χ1) is 8.53. The Morgan fingerprint density at radius 2 is 2.00 bits per heavy atom. The number of rotatable bonds is 3. The maximum Gasteiger partial charge on any atom is 0.240 e. The van der Waals surface area contributed by atoms with Crippen molar-refractivity contribution in [3.05, 3.63) is 24.3 Å². The lowest BCUT2D eigenvalue weighted by molar-refractivity contribution is 0.588. The number of nitrogens with zero attached hydrogens (tertiary/aromatic N) is 2. The van der Waals surface area contributed by atoms with Gasteiger partial charge in [0.05, 0.1) is 4.90 Å². The number of anilines is 1. The van der Waals surface area contributed by atoms with Gasteiger partial charge < -0.3 is 5.32 Å². The third-order valence-electron chi connectivity index (χ3n) is 2.03. The van der Waals surface area contributed by atoms with E-state index in [0.29, 0.717) is 10.9 Å². The molecule has 0 saturated heterocycles. The average molecular weight is 284 g/mol. The lowest BCUT2D eigenvalue weighted by Crippen LogP contribution is -2.18. The van der Waals surface area contributed by atoms with Gasteiger partial charge in [0.1, 0.15) is 0 Å². The molecule has 18 heavy (non-hydrogen) atoms. The predicted molar refractivity (Wildman–Crippen MR) is 72.9 cm³/mol. The monoisotopic (exact) mass is 284 g/mol. The van der Waals surface area contributed by atoms with Crippen LogP contribution in [0.1, 0.15) is 0 Å². The number of hydrogen-bond acceptors (Lipinski definition) is 5. The summed E-state index contributed by atoms with van der Waals surface area (Å²) >= 11 is 1.29. The summed E-state index contributed by atoms with van der Waals surface area (Å²) in [4.78, 5) is 3.75. The molecule has 0 bridgehead atoms. The fraction of sp³-hybridized carbons (Fsp3) is 0.200. The minimum absolute atomic E-state index is 0.179. The third kappa shape index (κ3) is 3.73. The zero-order valence-electron chi connectivity index (χ0n) is 9.84. The fourth-order valence-electron chi connectivity index (χ4n) is 1.13. The highest BCUT2D eigenvalue weighted by Crippen LogP contribution is 2.15. The molecule has 1 aromatic carbocycles. The normalized spacial score (nSPS) is 11.9. The van der Waals surface area contributed by atoms with Crippen LogP contribution >= 0.6 is 11.8 Å². The maximum absolute atomic E-state index is 11.5. The fourth-order valence-corrected chi connectivity index (χ4v) is 2.21. The molecule has 0 fully saturated rings. The molecule has 0 spiro atoms. The van der Waals surface area contributed by atoms with Gasteiger partial charge in [0.25, 0.3) is 0 Å². The molecule has 1 aromatic rings. The Morgan fingerprint density at radius 1 is 1.39 bits per heavy atom. The highest BCUT2D eigenvalue weighted by Gasteiger charge is 2.10. The molecule has 0 unspecified atom stereocenters. The summed E-state index contributed by atoms with van der Waals surface area (Å²) in [5.41, 5.74) is 0.661. The second-order valence-corrected chi connectivity index (χ2v) is 5.76. The van der Waals surface area contributed by atoms with Crippen molar-refractivity contribution in [2.24, 2.45) is 4.99 Å². The van der Waals surface area contributed by atoms with Crippen molar-refractivity contribution in [1.29, 1.82) is 5.26 Å². The Labute approximate surface area is 110 Å². The highest BCUT2D eigenvalue weighted by atomic mass is 32.2. The molecule has 0 aliphatic rings. The zero-order chi connectivity index (χ0) is 13.6. The van der Waals surface area contributed by atoms with E-state index in [9.17, 15) is 8.42 Å². The SMILES string of the molecule is CNS(=O)(=O)c1ccc(N/C(=N/C#N)SC)cc1. The van der Waals surface area contributed by atoms with Gasteiger partial charge in [0.2, 0.25) is 16.2 Å². The molecule has 8 heteroatoms. The van der Waals surface area contributed by atoms with E-state index in [1.54, 1.807) is 24.6 Å². The van der Waals surface area contributed by atoms with E-state index in [4.69, 9.17) is 5.26 Å². The van der Waals surface area contributed by atoms with Crippen molar-refractivity contribution in [3.63, 3.8) is 0 Å². The van der Waals surface area contributed by atoms with Gasteiger partial charge in [-0.25, -0.2) is 13.1 Å². The minimum atomic E-state index is -3.42. The molecule has 0 saturated carbocycles. The van der Waals surface area contributed by atoms with Gasteiger partial charge in [0, 0.05) is 5.69 Å². The Balaban J connectivity index is 2.91. The van der Waals surface area contributed by atoms with Gasteiger partial charge >= 0.3 is 0 Å². The molecule has 0 aliphatic carbocycles. The van der Waals surface area contributed by atoms with Gasteiger partial charge in [-0.3, -0.25) is 0 Å². The van der Waals surface area contributed by atoms with Crippen LogP contribution in [0.15, 0.2) is 34.2 Å². The van der Waals surface area contributed by atoms with Crippen LogP contribution < -0.4 is 10.0 Å². The predicted octanol–water partition coefficient (Wildman–Crippen LogP) is 1.21. The molecule has 0 radical (unpaired) electrons. The summed E-state index contributed by atoms with van der Waals surface area (Å²) in [6, 6.07) is 6.15. The van der Waals surface area contributed by atoms with Gasteiger partial charge in [-0.2, -0.15) is 5.26 Å². The van der Waals surface area contributed by atoms with E-state index < -0.39 is 10.0 Å². The van der Waals surface area contributed by atoms with Gasteiger partial charge in [-0.1, -0.05) is 11.8 Å². The molecular formula is C10H12N4O2S2. The first-order valence-corrected chi connectivity index (χ1v) is 7.55. The number of sulfonamides is 1. The molecule has 0 aromatic heterocycles. The number of thioether (sulfide) groups is 1. The first kappa shape index (κ1) is 14.5. The van der Waals surface area contributed by atoms with Crippen LogP contribution in [0, 0.1) is 11.5 Å². The average Bonchev–Trinajstić information content (AvgIpc) is 2.39. The van der Waals surface area contributed by atoms with E-state index in [-0.39, 0.29) is 4.90 Å². The number of nitriles is 1. The maximum atomic E-state index is 11.5. The van der Waals surface area contributed by atoms with Crippen LogP contribution in [0.3, 0.4) is 0 Å². The Kier molecular flexibility index (Phi) is 5.15. The molecule has 0 atom stereocenters. The van der Waals surface area contributed by atoms with E-state index in [0.717, 1.165) is 0 Å². The second-order valence-electron chi connectivity index (χ2n) is 3.08. The van der Waals surface area contributed by atoms with Crippen molar-refractivity contribution in [1.82, 2.24) is 4.72 Å². The lowest BCUT2D eigenvalue weighted by atomic mass is 10.3. The van der Waals surface area contributed by atoms with Crippen LogP contribution in [0.4, 0.5) is 5.69 Å². The van der Waals surface area contributed by atoms with E-state index in [1.165, 1.54) is 30.9 Å². The smallest absolute Gasteiger partial charge is 0.240 e.